The number of carbonyl (C=O) groups excluding carboxylic acids is 2. The minimum Gasteiger partial charge on any atom is -0.347 e. The van der Waals surface area contributed by atoms with E-state index in [1.807, 2.05) is 11.0 Å². The summed E-state index contributed by atoms with van der Waals surface area (Å²) in [6.45, 7) is 3.13. The fourth-order valence-corrected chi connectivity index (χ4v) is 4.57. The topological polar surface area (TPSA) is 99.7 Å². The highest BCUT2D eigenvalue weighted by molar-refractivity contribution is 7.89. The lowest BCUT2D eigenvalue weighted by molar-refractivity contribution is -0.126. The van der Waals surface area contributed by atoms with E-state index in [0.717, 1.165) is 0 Å². The van der Waals surface area contributed by atoms with Crippen LogP contribution in [-0.4, -0.2) is 73.1 Å². The first kappa shape index (κ1) is 21.1. The number of hydrogen-bond donors (Lipinski definition) is 1. The van der Waals surface area contributed by atoms with E-state index in [2.05, 4.69) is 10.3 Å². The van der Waals surface area contributed by atoms with Crippen molar-refractivity contribution in [1.82, 2.24) is 19.5 Å². The molecule has 3 rings (SSSR count). The van der Waals surface area contributed by atoms with E-state index in [1.165, 1.54) is 22.8 Å². The van der Waals surface area contributed by atoms with E-state index in [4.69, 9.17) is 0 Å². The second kappa shape index (κ2) is 9.25. The molecule has 1 aromatic carbocycles. The molecule has 1 atom stereocenters. The summed E-state index contributed by atoms with van der Waals surface area (Å²) in [4.78, 5) is 30.5. The smallest absolute Gasteiger partial charge is 0.244 e. The number of piperazine rings is 1. The van der Waals surface area contributed by atoms with Crippen molar-refractivity contribution >= 4 is 21.7 Å². The quantitative estimate of drug-likeness (QED) is 0.670. The van der Waals surface area contributed by atoms with Crippen molar-refractivity contribution in [2.24, 2.45) is 0 Å². The highest BCUT2D eigenvalue weighted by Gasteiger charge is 2.31. The number of nitrogens with zero attached hydrogens (tertiary/aromatic N) is 3. The van der Waals surface area contributed by atoms with Gasteiger partial charge in [-0.2, -0.15) is 4.31 Å². The van der Waals surface area contributed by atoms with Gasteiger partial charge in [0.2, 0.25) is 15.9 Å². The normalized spacial score (nSPS) is 16.9. The zero-order valence-electron chi connectivity index (χ0n) is 16.2. The first-order valence-electron chi connectivity index (χ1n) is 9.40. The van der Waals surface area contributed by atoms with Gasteiger partial charge in [-0.25, -0.2) is 8.42 Å². The van der Waals surface area contributed by atoms with Gasteiger partial charge in [0, 0.05) is 44.1 Å². The van der Waals surface area contributed by atoms with Crippen LogP contribution in [0.2, 0.25) is 0 Å². The molecule has 0 spiro atoms. The number of hydrogen-bond acceptors (Lipinski definition) is 6. The Bertz CT molecular complexity index is 943. The third-order valence-electron chi connectivity index (χ3n) is 4.99. The van der Waals surface area contributed by atoms with Crippen LogP contribution >= 0.6 is 0 Å². The maximum atomic E-state index is 12.7. The fraction of sp³-hybridized carbons (Fsp3) is 0.350. The van der Waals surface area contributed by atoms with Gasteiger partial charge in [-0.1, -0.05) is 30.3 Å². The summed E-state index contributed by atoms with van der Waals surface area (Å²) in [5.41, 5.74) is 0.551. The van der Waals surface area contributed by atoms with Crippen molar-refractivity contribution in [3.05, 3.63) is 60.4 Å². The number of amides is 1. The summed E-state index contributed by atoms with van der Waals surface area (Å²) in [6, 6.07) is 11.4. The van der Waals surface area contributed by atoms with Gasteiger partial charge in [-0.3, -0.25) is 19.5 Å². The second-order valence-electron chi connectivity index (χ2n) is 6.81. The second-order valence-corrected chi connectivity index (χ2v) is 8.75. The molecule has 1 fully saturated rings. The first-order valence-corrected chi connectivity index (χ1v) is 10.8. The summed E-state index contributed by atoms with van der Waals surface area (Å²) in [5, 5.41) is 2.68. The van der Waals surface area contributed by atoms with Crippen molar-refractivity contribution in [2.45, 2.75) is 17.9 Å². The van der Waals surface area contributed by atoms with Gasteiger partial charge in [0.05, 0.1) is 12.6 Å². The SMILES string of the molecule is CC(C(=O)NCC(=O)c1ccccc1)N1CCN(S(=O)(=O)c2cccnc2)CC1. The van der Waals surface area contributed by atoms with Gasteiger partial charge in [-0.05, 0) is 19.1 Å². The average Bonchev–Trinajstić information content (AvgIpc) is 2.78. The van der Waals surface area contributed by atoms with E-state index in [9.17, 15) is 18.0 Å². The number of aromatic nitrogens is 1. The molecule has 1 amide bonds. The molecule has 1 N–H and O–H groups in total. The number of rotatable bonds is 7. The Labute approximate surface area is 170 Å². The molecule has 0 saturated carbocycles. The number of benzene rings is 1. The Morgan fingerprint density at radius 1 is 1.07 bits per heavy atom. The monoisotopic (exact) mass is 416 g/mol. The number of carbonyl (C=O) groups is 2. The maximum Gasteiger partial charge on any atom is 0.244 e. The highest BCUT2D eigenvalue weighted by Crippen LogP contribution is 2.17. The van der Waals surface area contributed by atoms with E-state index in [0.29, 0.717) is 18.7 Å². The molecule has 1 aliphatic heterocycles. The van der Waals surface area contributed by atoms with Crippen LogP contribution in [-0.2, 0) is 14.8 Å². The summed E-state index contributed by atoms with van der Waals surface area (Å²) >= 11 is 0. The molecule has 0 bridgehead atoms. The molecule has 9 heteroatoms. The molecule has 0 radical (unpaired) electrons. The number of pyridine rings is 1. The van der Waals surface area contributed by atoms with Crippen molar-refractivity contribution < 1.29 is 18.0 Å². The van der Waals surface area contributed by atoms with Gasteiger partial charge in [0.15, 0.2) is 5.78 Å². The summed E-state index contributed by atoms with van der Waals surface area (Å²) in [5.74, 6) is -0.406. The van der Waals surface area contributed by atoms with Gasteiger partial charge >= 0.3 is 0 Å². The third-order valence-corrected chi connectivity index (χ3v) is 6.87. The van der Waals surface area contributed by atoms with Crippen LogP contribution in [0, 0.1) is 0 Å². The zero-order chi connectivity index (χ0) is 20.9. The van der Waals surface area contributed by atoms with Crippen LogP contribution in [0.25, 0.3) is 0 Å². The van der Waals surface area contributed by atoms with E-state index < -0.39 is 16.1 Å². The molecule has 2 aromatic rings. The Balaban J connectivity index is 1.51. The highest BCUT2D eigenvalue weighted by atomic mass is 32.2. The van der Waals surface area contributed by atoms with Crippen LogP contribution < -0.4 is 5.32 Å². The Morgan fingerprint density at radius 3 is 2.38 bits per heavy atom. The van der Waals surface area contributed by atoms with Crippen LogP contribution in [0.3, 0.4) is 0 Å². The van der Waals surface area contributed by atoms with Gasteiger partial charge in [0.1, 0.15) is 4.90 Å². The molecule has 1 unspecified atom stereocenters. The third kappa shape index (κ3) is 5.06. The van der Waals surface area contributed by atoms with Crippen molar-refractivity contribution in [3.63, 3.8) is 0 Å². The van der Waals surface area contributed by atoms with Crippen LogP contribution in [0.5, 0.6) is 0 Å². The van der Waals surface area contributed by atoms with E-state index in [-0.39, 0.29) is 36.2 Å². The number of sulfonamides is 1. The van der Waals surface area contributed by atoms with E-state index >= 15 is 0 Å². The molecule has 8 nitrogen and oxygen atoms in total. The number of nitrogens with one attached hydrogen (secondary N) is 1. The predicted octanol–water partition coefficient (Wildman–Crippen LogP) is 0.775. The zero-order valence-corrected chi connectivity index (χ0v) is 17.0. The van der Waals surface area contributed by atoms with Crippen molar-refractivity contribution in [3.8, 4) is 0 Å². The molecule has 154 valence electrons. The molecule has 29 heavy (non-hydrogen) atoms. The Morgan fingerprint density at radius 2 is 1.76 bits per heavy atom. The Kier molecular flexibility index (Phi) is 6.73. The van der Waals surface area contributed by atoms with Crippen LogP contribution in [0.4, 0.5) is 0 Å². The Hall–Kier alpha value is -2.62. The lowest BCUT2D eigenvalue weighted by Gasteiger charge is -2.36. The average molecular weight is 417 g/mol. The largest absolute Gasteiger partial charge is 0.347 e. The van der Waals surface area contributed by atoms with E-state index in [1.54, 1.807) is 37.3 Å². The molecule has 1 aromatic heterocycles. The first-order chi connectivity index (χ1) is 13.9. The number of Topliss-reactive ketones (excluding diaryl/α,β-unsaturated/α-hetero) is 1. The van der Waals surface area contributed by atoms with Crippen LogP contribution in [0.15, 0.2) is 59.8 Å². The minimum atomic E-state index is -3.58. The van der Waals surface area contributed by atoms with Crippen molar-refractivity contribution in [1.29, 1.82) is 0 Å². The molecule has 1 aliphatic rings. The predicted molar refractivity (Wildman–Crippen MR) is 108 cm³/mol. The summed E-state index contributed by atoms with van der Waals surface area (Å²) < 4.78 is 26.7. The standard InChI is InChI=1S/C20H24N4O4S/c1-16(20(26)22-15-19(25)17-6-3-2-4-7-17)23-10-12-24(13-11-23)29(27,28)18-8-5-9-21-14-18/h2-9,14,16H,10-13,15H2,1H3,(H,22,26). The molecule has 2 heterocycles. The van der Waals surface area contributed by atoms with Crippen LogP contribution in [0.1, 0.15) is 17.3 Å². The number of ketones is 1. The van der Waals surface area contributed by atoms with Gasteiger partial charge in [0.25, 0.3) is 0 Å². The molecule has 1 saturated heterocycles. The lowest BCUT2D eigenvalue weighted by Crippen LogP contribution is -2.55. The summed E-state index contributed by atoms with van der Waals surface area (Å²) in [6.07, 6.45) is 2.86. The van der Waals surface area contributed by atoms with Gasteiger partial charge < -0.3 is 5.32 Å². The maximum absolute atomic E-state index is 12.7. The molecular formula is C20H24N4O4S. The lowest BCUT2D eigenvalue weighted by atomic mass is 10.1. The van der Waals surface area contributed by atoms with Gasteiger partial charge in [-0.15, -0.1) is 0 Å². The minimum absolute atomic E-state index is 0.0669. The van der Waals surface area contributed by atoms with Crippen molar-refractivity contribution in [2.75, 3.05) is 32.7 Å². The fourth-order valence-electron chi connectivity index (χ4n) is 3.19. The molecular weight excluding hydrogens is 392 g/mol. The molecule has 0 aliphatic carbocycles. The summed E-state index contributed by atoms with van der Waals surface area (Å²) in [7, 11) is -3.58.